The summed E-state index contributed by atoms with van der Waals surface area (Å²) in [5.74, 6) is -0.194. The first-order valence-electron chi connectivity index (χ1n) is 7.30. The monoisotopic (exact) mass is 294 g/mol. The van der Waals surface area contributed by atoms with Gasteiger partial charge in [0.15, 0.2) is 5.65 Å². The van der Waals surface area contributed by atoms with Crippen molar-refractivity contribution in [3.05, 3.63) is 59.0 Å². The lowest BCUT2D eigenvalue weighted by Crippen LogP contribution is -2.12. The molecule has 2 heterocycles. The Bertz CT molecular complexity index is 851. The molecule has 0 aliphatic heterocycles. The van der Waals surface area contributed by atoms with Gasteiger partial charge < -0.3 is 5.32 Å². The van der Waals surface area contributed by atoms with E-state index in [9.17, 15) is 4.79 Å². The number of anilines is 1. The van der Waals surface area contributed by atoms with Crippen LogP contribution in [-0.2, 0) is 6.42 Å². The Balaban J connectivity index is 1.95. The summed E-state index contributed by atoms with van der Waals surface area (Å²) >= 11 is 0. The fourth-order valence-electron chi connectivity index (χ4n) is 2.50. The molecule has 3 aromatic rings. The number of hydrogen-bond donors (Lipinski definition) is 1. The maximum atomic E-state index is 12.5. The van der Waals surface area contributed by atoms with Crippen LogP contribution in [0.15, 0.2) is 36.5 Å². The number of amides is 1. The molecule has 0 saturated carbocycles. The van der Waals surface area contributed by atoms with E-state index >= 15 is 0 Å². The smallest absolute Gasteiger partial charge is 0.261 e. The SMILES string of the molecule is CCc1cccc(NC(=O)c2cnn3c(C)cc(C)nc23)c1. The molecule has 0 aliphatic carbocycles. The first-order chi connectivity index (χ1) is 10.6. The summed E-state index contributed by atoms with van der Waals surface area (Å²) in [7, 11) is 0. The van der Waals surface area contributed by atoms with Gasteiger partial charge in [-0.25, -0.2) is 9.50 Å². The Morgan fingerprint density at radius 1 is 1.27 bits per heavy atom. The number of nitrogens with one attached hydrogen (secondary N) is 1. The van der Waals surface area contributed by atoms with Crippen LogP contribution < -0.4 is 5.32 Å². The van der Waals surface area contributed by atoms with Crippen molar-refractivity contribution in [2.24, 2.45) is 0 Å². The Hall–Kier alpha value is -2.69. The quantitative estimate of drug-likeness (QED) is 0.807. The first kappa shape index (κ1) is 14.3. The summed E-state index contributed by atoms with van der Waals surface area (Å²) in [4.78, 5) is 16.9. The molecule has 3 rings (SSSR count). The van der Waals surface area contributed by atoms with Gasteiger partial charge in [-0.2, -0.15) is 5.10 Å². The summed E-state index contributed by atoms with van der Waals surface area (Å²) in [5, 5.41) is 7.17. The third-order valence-corrected chi connectivity index (χ3v) is 3.62. The second-order valence-electron chi connectivity index (χ2n) is 5.34. The van der Waals surface area contributed by atoms with Crippen LogP contribution in [0.2, 0.25) is 0 Å². The fourth-order valence-corrected chi connectivity index (χ4v) is 2.50. The largest absolute Gasteiger partial charge is 0.322 e. The molecule has 5 nitrogen and oxygen atoms in total. The molecule has 0 radical (unpaired) electrons. The first-order valence-corrected chi connectivity index (χ1v) is 7.30. The second-order valence-corrected chi connectivity index (χ2v) is 5.34. The minimum absolute atomic E-state index is 0.194. The highest BCUT2D eigenvalue weighted by atomic mass is 16.1. The number of nitrogens with zero attached hydrogens (tertiary/aromatic N) is 3. The van der Waals surface area contributed by atoms with E-state index in [0.717, 1.165) is 23.5 Å². The van der Waals surface area contributed by atoms with Crippen molar-refractivity contribution in [2.75, 3.05) is 5.32 Å². The Morgan fingerprint density at radius 2 is 2.09 bits per heavy atom. The number of rotatable bonds is 3. The molecule has 5 heteroatoms. The average Bonchev–Trinajstić information content (AvgIpc) is 2.91. The summed E-state index contributed by atoms with van der Waals surface area (Å²) in [6.45, 7) is 5.94. The number of aryl methyl sites for hydroxylation is 3. The van der Waals surface area contributed by atoms with Gasteiger partial charge in [0, 0.05) is 17.1 Å². The van der Waals surface area contributed by atoms with Crippen molar-refractivity contribution in [1.29, 1.82) is 0 Å². The van der Waals surface area contributed by atoms with E-state index < -0.39 is 0 Å². The lowest BCUT2D eigenvalue weighted by atomic mass is 10.1. The van der Waals surface area contributed by atoms with E-state index in [0.29, 0.717) is 11.2 Å². The summed E-state index contributed by atoms with van der Waals surface area (Å²) in [5.41, 5.74) is 4.85. The number of hydrogen-bond acceptors (Lipinski definition) is 3. The number of benzene rings is 1. The molecule has 1 N–H and O–H groups in total. The van der Waals surface area contributed by atoms with Crippen LogP contribution in [0.3, 0.4) is 0 Å². The molecule has 0 spiro atoms. The molecule has 0 bridgehead atoms. The van der Waals surface area contributed by atoms with Gasteiger partial charge in [-0.05, 0) is 44.0 Å². The zero-order valence-electron chi connectivity index (χ0n) is 12.9. The Morgan fingerprint density at radius 3 is 2.86 bits per heavy atom. The molecule has 0 fully saturated rings. The van der Waals surface area contributed by atoms with Crippen LogP contribution in [0.4, 0.5) is 5.69 Å². The second kappa shape index (κ2) is 5.60. The molecule has 1 amide bonds. The van der Waals surface area contributed by atoms with E-state index in [4.69, 9.17) is 0 Å². The maximum absolute atomic E-state index is 12.5. The van der Waals surface area contributed by atoms with E-state index in [1.165, 1.54) is 5.56 Å². The van der Waals surface area contributed by atoms with Crippen molar-refractivity contribution < 1.29 is 4.79 Å². The van der Waals surface area contributed by atoms with Gasteiger partial charge in [-0.1, -0.05) is 19.1 Å². The van der Waals surface area contributed by atoms with Gasteiger partial charge in [0.2, 0.25) is 0 Å². The van der Waals surface area contributed by atoms with E-state index in [-0.39, 0.29) is 5.91 Å². The standard InChI is InChI=1S/C17H18N4O/c1-4-13-6-5-7-14(9-13)20-17(22)15-10-18-21-12(3)8-11(2)19-16(15)21/h5-10H,4H2,1-3H3,(H,20,22). The predicted molar refractivity (Wildman–Crippen MR) is 86.2 cm³/mol. The summed E-state index contributed by atoms with van der Waals surface area (Å²) in [6, 6.07) is 9.78. The van der Waals surface area contributed by atoms with Crippen molar-refractivity contribution >= 4 is 17.2 Å². The lowest BCUT2D eigenvalue weighted by Gasteiger charge is -2.06. The van der Waals surface area contributed by atoms with Crippen LogP contribution in [0.5, 0.6) is 0 Å². The number of carbonyl (C=O) groups is 1. The molecule has 0 unspecified atom stereocenters. The minimum Gasteiger partial charge on any atom is -0.322 e. The van der Waals surface area contributed by atoms with Crippen molar-refractivity contribution in [1.82, 2.24) is 14.6 Å². The van der Waals surface area contributed by atoms with Crippen LogP contribution in [0.25, 0.3) is 5.65 Å². The molecular weight excluding hydrogens is 276 g/mol. The molecule has 22 heavy (non-hydrogen) atoms. The van der Waals surface area contributed by atoms with Crippen LogP contribution >= 0.6 is 0 Å². The molecule has 1 aromatic carbocycles. The highest BCUT2D eigenvalue weighted by molar-refractivity contribution is 6.08. The highest BCUT2D eigenvalue weighted by Crippen LogP contribution is 2.16. The normalized spacial score (nSPS) is 10.9. The van der Waals surface area contributed by atoms with Crippen molar-refractivity contribution in [3.8, 4) is 0 Å². The number of carbonyl (C=O) groups excluding carboxylic acids is 1. The number of aromatic nitrogens is 3. The zero-order valence-corrected chi connectivity index (χ0v) is 12.9. The van der Waals surface area contributed by atoms with E-state index in [1.807, 2.05) is 44.2 Å². The topological polar surface area (TPSA) is 59.3 Å². The predicted octanol–water partition coefficient (Wildman–Crippen LogP) is 3.16. The van der Waals surface area contributed by atoms with Crippen LogP contribution in [0, 0.1) is 13.8 Å². The van der Waals surface area contributed by atoms with Crippen LogP contribution in [-0.4, -0.2) is 20.5 Å². The van der Waals surface area contributed by atoms with Gasteiger partial charge >= 0.3 is 0 Å². The van der Waals surface area contributed by atoms with Gasteiger partial charge in [-0.3, -0.25) is 4.79 Å². The average molecular weight is 294 g/mol. The summed E-state index contributed by atoms with van der Waals surface area (Å²) in [6.07, 6.45) is 2.49. The van der Waals surface area contributed by atoms with Gasteiger partial charge in [-0.15, -0.1) is 0 Å². The maximum Gasteiger partial charge on any atom is 0.261 e. The molecule has 112 valence electrons. The third kappa shape index (κ3) is 2.57. The van der Waals surface area contributed by atoms with E-state index in [1.54, 1.807) is 10.7 Å². The zero-order chi connectivity index (χ0) is 15.7. The van der Waals surface area contributed by atoms with Crippen molar-refractivity contribution in [3.63, 3.8) is 0 Å². The minimum atomic E-state index is -0.194. The molecule has 0 aliphatic rings. The third-order valence-electron chi connectivity index (χ3n) is 3.62. The molecule has 0 atom stereocenters. The summed E-state index contributed by atoms with van der Waals surface area (Å²) < 4.78 is 1.68. The Labute approximate surface area is 129 Å². The highest BCUT2D eigenvalue weighted by Gasteiger charge is 2.15. The molecule has 2 aromatic heterocycles. The molecule has 0 saturated heterocycles. The van der Waals surface area contributed by atoms with Crippen molar-refractivity contribution in [2.45, 2.75) is 27.2 Å². The van der Waals surface area contributed by atoms with Gasteiger partial charge in [0.1, 0.15) is 5.56 Å². The Kier molecular flexibility index (Phi) is 3.63. The fraction of sp³-hybridized carbons (Fsp3) is 0.235. The van der Waals surface area contributed by atoms with Gasteiger partial charge in [0.25, 0.3) is 5.91 Å². The number of fused-ring (bicyclic) bond motifs is 1. The van der Waals surface area contributed by atoms with Gasteiger partial charge in [0.05, 0.1) is 6.20 Å². The van der Waals surface area contributed by atoms with E-state index in [2.05, 4.69) is 22.3 Å². The molecular formula is C17H18N4O. The lowest BCUT2D eigenvalue weighted by molar-refractivity contribution is 0.102. The van der Waals surface area contributed by atoms with Crippen LogP contribution in [0.1, 0.15) is 34.2 Å².